The smallest absolute Gasteiger partial charge is 0.410 e. The number of aliphatic hydroxyl groups excluding tert-OH is 1. The third kappa shape index (κ3) is 6.91. The van der Waals surface area contributed by atoms with E-state index < -0.39 is 13.7 Å². The standard InChI is InChI=1S/C25H39N3O4Si/c1-25(2,3)32-24(30)27-13-7-10-22(27)23-26-20-17-19(9-8-14-29)11-12-21(20)28(23)18-31-15-16-33(4,5)6/h8-9,11-12,17,22,29H,7,10,13-16,18H2,1-6H3/b9-8+. The Bertz CT molecular complexity index is 988. The van der Waals surface area contributed by atoms with Gasteiger partial charge >= 0.3 is 6.09 Å². The van der Waals surface area contributed by atoms with Gasteiger partial charge in [0, 0.05) is 21.2 Å². The van der Waals surface area contributed by atoms with Crippen LogP contribution in [0.15, 0.2) is 24.3 Å². The molecule has 1 saturated heterocycles. The van der Waals surface area contributed by atoms with Crippen LogP contribution in [0.4, 0.5) is 4.79 Å². The van der Waals surface area contributed by atoms with Crippen LogP contribution in [0, 0.1) is 0 Å². The average molecular weight is 474 g/mol. The molecule has 1 aromatic carbocycles. The third-order valence-corrected chi connectivity index (χ3v) is 7.32. The first-order valence-corrected chi connectivity index (χ1v) is 15.5. The lowest BCUT2D eigenvalue weighted by molar-refractivity contribution is 0.0205. The number of hydrogen-bond acceptors (Lipinski definition) is 5. The van der Waals surface area contributed by atoms with Gasteiger partial charge in [-0.25, -0.2) is 9.78 Å². The van der Waals surface area contributed by atoms with Crippen molar-refractivity contribution in [3.8, 4) is 0 Å². The Hall–Kier alpha value is -2.16. The van der Waals surface area contributed by atoms with Crippen LogP contribution in [0.3, 0.4) is 0 Å². The van der Waals surface area contributed by atoms with Gasteiger partial charge in [0.1, 0.15) is 18.2 Å². The topological polar surface area (TPSA) is 76.8 Å². The molecule has 33 heavy (non-hydrogen) atoms. The fourth-order valence-corrected chi connectivity index (χ4v) is 4.71. The lowest BCUT2D eigenvalue weighted by atomic mass is 10.2. The number of likely N-dealkylation sites (tertiary alicyclic amines) is 1. The van der Waals surface area contributed by atoms with Crippen LogP contribution in [-0.2, 0) is 16.2 Å². The maximum absolute atomic E-state index is 12.9. The van der Waals surface area contributed by atoms with Crippen LogP contribution < -0.4 is 0 Å². The first-order chi connectivity index (χ1) is 15.5. The molecule has 0 radical (unpaired) electrons. The summed E-state index contributed by atoms with van der Waals surface area (Å²) >= 11 is 0. The summed E-state index contributed by atoms with van der Waals surface area (Å²) in [5.41, 5.74) is 2.27. The van der Waals surface area contributed by atoms with Gasteiger partial charge in [-0.05, 0) is 57.4 Å². The molecule has 0 spiro atoms. The van der Waals surface area contributed by atoms with E-state index in [1.54, 1.807) is 11.0 Å². The van der Waals surface area contributed by atoms with Gasteiger partial charge < -0.3 is 19.1 Å². The second kappa shape index (κ2) is 10.4. The molecule has 1 fully saturated rings. The predicted molar refractivity (Wildman–Crippen MR) is 135 cm³/mol. The van der Waals surface area contributed by atoms with Crippen LogP contribution in [0.1, 0.15) is 51.0 Å². The Morgan fingerprint density at radius 3 is 2.73 bits per heavy atom. The minimum absolute atomic E-state index is 0.00438. The summed E-state index contributed by atoms with van der Waals surface area (Å²) in [6, 6.07) is 7.01. The van der Waals surface area contributed by atoms with Gasteiger partial charge in [0.05, 0.1) is 23.7 Å². The number of rotatable bonds is 8. The second-order valence-electron chi connectivity index (χ2n) is 10.9. The Labute approximate surface area is 198 Å². The second-order valence-corrected chi connectivity index (χ2v) is 16.5. The Kier molecular flexibility index (Phi) is 8.03. The van der Waals surface area contributed by atoms with E-state index in [1.165, 1.54) is 0 Å². The number of aliphatic hydroxyl groups is 1. The van der Waals surface area contributed by atoms with E-state index in [-0.39, 0.29) is 18.7 Å². The Morgan fingerprint density at radius 2 is 2.06 bits per heavy atom. The van der Waals surface area contributed by atoms with Crippen LogP contribution in [0.5, 0.6) is 0 Å². The SMILES string of the molecule is CC(C)(C)OC(=O)N1CCCC1c1nc2cc(/C=C/CO)ccc2n1COCC[Si](C)(C)C. The Balaban J connectivity index is 1.93. The maximum Gasteiger partial charge on any atom is 0.410 e. The number of ether oxygens (including phenoxy) is 2. The number of hydrogen-bond donors (Lipinski definition) is 1. The zero-order valence-electron chi connectivity index (χ0n) is 20.9. The fourth-order valence-electron chi connectivity index (χ4n) is 3.96. The van der Waals surface area contributed by atoms with E-state index >= 15 is 0 Å². The molecule has 3 rings (SSSR count). The average Bonchev–Trinajstić information content (AvgIpc) is 3.32. The van der Waals surface area contributed by atoms with Crippen LogP contribution in [0.25, 0.3) is 17.1 Å². The van der Waals surface area contributed by atoms with Crippen molar-refractivity contribution in [1.82, 2.24) is 14.5 Å². The van der Waals surface area contributed by atoms with Gasteiger partial charge in [-0.1, -0.05) is 37.9 Å². The van der Waals surface area contributed by atoms with E-state index in [0.29, 0.717) is 19.9 Å². The molecule has 1 atom stereocenters. The summed E-state index contributed by atoms with van der Waals surface area (Å²) in [5, 5.41) is 9.10. The quantitative estimate of drug-likeness (QED) is 0.409. The summed E-state index contributed by atoms with van der Waals surface area (Å²) in [4.78, 5) is 19.7. The number of amides is 1. The molecule has 1 unspecified atom stereocenters. The first kappa shape index (κ1) is 25.5. The summed E-state index contributed by atoms with van der Waals surface area (Å²) in [5.74, 6) is 0.838. The monoisotopic (exact) mass is 473 g/mol. The highest BCUT2D eigenvalue weighted by molar-refractivity contribution is 6.76. The number of fused-ring (bicyclic) bond motifs is 1. The molecule has 1 N–H and O–H groups in total. The first-order valence-electron chi connectivity index (χ1n) is 11.8. The number of aromatic nitrogens is 2. The number of benzene rings is 1. The molecular weight excluding hydrogens is 434 g/mol. The molecular formula is C25H39N3O4Si. The number of nitrogens with zero attached hydrogens (tertiary/aromatic N) is 3. The van der Waals surface area contributed by atoms with Gasteiger partial charge in [-0.3, -0.25) is 4.90 Å². The van der Waals surface area contributed by atoms with Gasteiger partial charge in [-0.2, -0.15) is 0 Å². The number of carbonyl (C=O) groups is 1. The molecule has 1 aromatic heterocycles. The number of imidazole rings is 1. The van der Waals surface area contributed by atoms with Gasteiger partial charge in [0.15, 0.2) is 0 Å². The molecule has 1 aliphatic heterocycles. The Morgan fingerprint density at radius 1 is 1.30 bits per heavy atom. The molecule has 0 aliphatic carbocycles. The van der Waals surface area contributed by atoms with Gasteiger partial charge in [-0.15, -0.1) is 0 Å². The highest BCUT2D eigenvalue weighted by Gasteiger charge is 2.36. The normalized spacial score (nSPS) is 17.4. The molecule has 2 heterocycles. The zero-order valence-corrected chi connectivity index (χ0v) is 21.9. The molecule has 8 heteroatoms. The highest BCUT2D eigenvalue weighted by Crippen LogP contribution is 2.35. The largest absolute Gasteiger partial charge is 0.444 e. The van der Waals surface area contributed by atoms with Crippen molar-refractivity contribution in [2.45, 2.75) is 77.7 Å². The molecule has 7 nitrogen and oxygen atoms in total. The van der Waals surface area contributed by atoms with Crippen molar-refractivity contribution in [3.63, 3.8) is 0 Å². The van der Waals surface area contributed by atoms with Crippen LogP contribution in [-0.4, -0.2) is 59.1 Å². The van der Waals surface area contributed by atoms with Crippen molar-refractivity contribution in [2.24, 2.45) is 0 Å². The summed E-state index contributed by atoms with van der Waals surface area (Å²) < 4.78 is 13.9. The van der Waals surface area contributed by atoms with E-state index in [9.17, 15) is 4.79 Å². The van der Waals surface area contributed by atoms with Gasteiger partial charge in [0.2, 0.25) is 0 Å². The predicted octanol–water partition coefficient (Wildman–Crippen LogP) is 5.43. The lowest BCUT2D eigenvalue weighted by Crippen LogP contribution is -2.37. The summed E-state index contributed by atoms with van der Waals surface area (Å²) in [6.07, 6.45) is 5.04. The van der Waals surface area contributed by atoms with Crippen molar-refractivity contribution in [1.29, 1.82) is 0 Å². The van der Waals surface area contributed by atoms with E-state index in [0.717, 1.165) is 41.3 Å². The van der Waals surface area contributed by atoms with Crippen LogP contribution >= 0.6 is 0 Å². The summed E-state index contributed by atoms with van der Waals surface area (Å²) in [7, 11) is -1.19. The van der Waals surface area contributed by atoms with E-state index in [2.05, 4.69) is 24.2 Å². The van der Waals surface area contributed by atoms with Crippen LogP contribution in [0.2, 0.25) is 25.7 Å². The highest BCUT2D eigenvalue weighted by atomic mass is 28.3. The molecule has 0 bridgehead atoms. The fraction of sp³-hybridized carbons (Fsp3) is 0.600. The minimum atomic E-state index is -1.19. The minimum Gasteiger partial charge on any atom is -0.444 e. The van der Waals surface area contributed by atoms with Crippen molar-refractivity contribution < 1.29 is 19.4 Å². The van der Waals surface area contributed by atoms with E-state index in [4.69, 9.17) is 19.6 Å². The van der Waals surface area contributed by atoms with Gasteiger partial charge in [0.25, 0.3) is 0 Å². The lowest BCUT2D eigenvalue weighted by Gasteiger charge is -2.28. The molecule has 182 valence electrons. The van der Waals surface area contributed by atoms with Crippen molar-refractivity contribution in [2.75, 3.05) is 19.8 Å². The number of carbonyl (C=O) groups excluding carboxylic acids is 1. The molecule has 0 saturated carbocycles. The molecule has 1 amide bonds. The maximum atomic E-state index is 12.9. The van der Waals surface area contributed by atoms with Crippen molar-refractivity contribution in [3.05, 3.63) is 35.7 Å². The third-order valence-electron chi connectivity index (χ3n) is 5.61. The zero-order chi connectivity index (χ0) is 24.2. The van der Waals surface area contributed by atoms with Crippen molar-refractivity contribution >= 4 is 31.3 Å². The molecule has 1 aliphatic rings. The summed E-state index contributed by atoms with van der Waals surface area (Å²) in [6.45, 7) is 14.5. The van der Waals surface area contributed by atoms with E-state index in [1.807, 2.05) is 45.0 Å². The molecule has 2 aromatic rings.